The molecule has 0 aliphatic carbocycles. The van der Waals surface area contributed by atoms with E-state index in [0.717, 1.165) is 5.56 Å². The third kappa shape index (κ3) is 3.12. The molecule has 0 heterocycles. The van der Waals surface area contributed by atoms with E-state index in [-0.39, 0.29) is 17.8 Å². The lowest BCUT2D eigenvalue weighted by molar-refractivity contribution is 0.161. The number of hydrogen-bond donors (Lipinski definition) is 1. The molecule has 0 spiro atoms. The van der Waals surface area contributed by atoms with E-state index < -0.39 is 0 Å². The van der Waals surface area contributed by atoms with Crippen LogP contribution in [0.15, 0.2) is 24.3 Å². The van der Waals surface area contributed by atoms with Crippen LogP contribution in [0, 0.1) is 0 Å². The van der Waals surface area contributed by atoms with Crippen molar-refractivity contribution < 1.29 is 9.90 Å². The zero-order chi connectivity index (χ0) is 13.0. The summed E-state index contributed by atoms with van der Waals surface area (Å²) in [5.41, 5.74) is 1.00. The fraction of sp³-hybridized carbons (Fsp3) is 0.462. The van der Waals surface area contributed by atoms with E-state index in [0.29, 0.717) is 6.54 Å². The number of phenolic OH excluding ortho intramolecular Hbond substituents is 1. The topological polar surface area (TPSA) is 43.8 Å². The van der Waals surface area contributed by atoms with E-state index in [1.807, 2.05) is 26.0 Å². The summed E-state index contributed by atoms with van der Waals surface area (Å²) in [6.07, 6.45) is 0. The molecule has 0 aliphatic heterocycles. The normalized spacial score (nSPS) is 12.0. The molecule has 1 atom stereocenters. The smallest absolute Gasteiger partial charge is 0.319 e. The summed E-state index contributed by atoms with van der Waals surface area (Å²) in [5.74, 6) is 0.237. The summed E-state index contributed by atoms with van der Waals surface area (Å²) in [6.45, 7) is 4.59. The molecule has 0 saturated heterocycles. The summed E-state index contributed by atoms with van der Waals surface area (Å²) in [4.78, 5) is 15.3. The second-order valence-corrected chi connectivity index (χ2v) is 4.18. The quantitative estimate of drug-likeness (QED) is 0.876. The highest BCUT2D eigenvalue weighted by atomic mass is 16.3. The molecule has 0 saturated carbocycles. The Morgan fingerprint density at radius 3 is 2.29 bits per heavy atom. The number of nitrogens with zero attached hydrogens (tertiary/aromatic N) is 2. The summed E-state index contributed by atoms with van der Waals surface area (Å²) < 4.78 is 0. The van der Waals surface area contributed by atoms with Crippen LogP contribution in [0.2, 0.25) is 0 Å². The van der Waals surface area contributed by atoms with Crippen molar-refractivity contribution in [1.29, 1.82) is 0 Å². The van der Waals surface area contributed by atoms with Gasteiger partial charge in [-0.3, -0.25) is 0 Å². The Morgan fingerprint density at radius 2 is 1.82 bits per heavy atom. The zero-order valence-electron chi connectivity index (χ0n) is 10.8. The van der Waals surface area contributed by atoms with Crippen molar-refractivity contribution in [2.75, 3.05) is 20.6 Å². The van der Waals surface area contributed by atoms with Crippen LogP contribution in [0.5, 0.6) is 5.75 Å². The van der Waals surface area contributed by atoms with Crippen molar-refractivity contribution in [3.8, 4) is 5.75 Å². The first kappa shape index (κ1) is 13.4. The van der Waals surface area contributed by atoms with Crippen LogP contribution < -0.4 is 0 Å². The van der Waals surface area contributed by atoms with Gasteiger partial charge in [0.15, 0.2) is 0 Å². The lowest BCUT2D eigenvalue weighted by Gasteiger charge is -2.29. The van der Waals surface area contributed by atoms with Gasteiger partial charge in [0.2, 0.25) is 0 Å². The van der Waals surface area contributed by atoms with Crippen molar-refractivity contribution in [3.63, 3.8) is 0 Å². The molecule has 0 radical (unpaired) electrons. The highest BCUT2D eigenvalue weighted by molar-refractivity contribution is 5.74. The predicted octanol–water partition coefficient (Wildman–Crippen LogP) is 2.46. The maximum absolute atomic E-state index is 12.0. The highest BCUT2D eigenvalue weighted by Crippen LogP contribution is 2.21. The fourth-order valence-corrected chi connectivity index (χ4v) is 1.55. The lowest BCUT2D eigenvalue weighted by atomic mass is 10.1. The summed E-state index contributed by atoms with van der Waals surface area (Å²) in [6, 6.07) is 6.90. The monoisotopic (exact) mass is 236 g/mol. The highest BCUT2D eigenvalue weighted by Gasteiger charge is 2.19. The maximum Gasteiger partial charge on any atom is 0.319 e. The van der Waals surface area contributed by atoms with Crippen LogP contribution in [0.3, 0.4) is 0 Å². The van der Waals surface area contributed by atoms with E-state index in [2.05, 4.69) is 0 Å². The molecule has 17 heavy (non-hydrogen) atoms. The Hall–Kier alpha value is -1.71. The molecular weight excluding hydrogens is 216 g/mol. The van der Waals surface area contributed by atoms with Gasteiger partial charge in [0, 0.05) is 20.6 Å². The number of urea groups is 1. The van der Waals surface area contributed by atoms with Crippen LogP contribution in [-0.2, 0) is 0 Å². The van der Waals surface area contributed by atoms with Crippen LogP contribution in [-0.4, -0.2) is 41.6 Å². The minimum absolute atomic E-state index is 0.00641. The molecule has 1 aromatic rings. The van der Waals surface area contributed by atoms with Crippen molar-refractivity contribution >= 4 is 6.03 Å². The molecule has 94 valence electrons. The number of amides is 2. The Balaban J connectivity index is 2.79. The van der Waals surface area contributed by atoms with E-state index in [4.69, 9.17) is 0 Å². The summed E-state index contributed by atoms with van der Waals surface area (Å²) in [5, 5.41) is 9.22. The molecule has 0 aromatic heterocycles. The number of benzene rings is 1. The molecule has 0 fully saturated rings. The van der Waals surface area contributed by atoms with Crippen molar-refractivity contribution in [3.05, 3.63) is 29.8 Å². The average molecular weight is 236 g/mol. The van der Waals surface area contributed by atoms with E-state index >= 15 is 0 Å². The minimum atomic E-state index is -0.0166. The van der Waals surface area contributed by atoms with Gasteiger partial charge in [-0.15, -0.1) is 0 Å². The predicted molar refractivity (Wildman–Crippen MR) is 68.0 cm³/mol. The van der Waals surface area contributed by atoms with E-state index in [1.54, 1.807) is 36.0 Å². The van der Waals surface area contributed by atoms with Gasteiger partial charge in [-0.1, -0.05) is 12.1 Å². The van der Waals surface area contributed by atoms with E-state index in [1.165, 1.54) is 0 Å². The summed E-state index contributed by atoms with van der Waals surface area (Å²) >= 11 is 0. The van der Waals surface area contributed by atoms with Gasteiger partial charge in [-0.05, 0) is 31.5 Å². The van der Waals surface area contributed by atoms with Crippen molar-refractivity contribution in [2.45, 2.75) is 19.9 Å². The molecule has 1 N–H and O–H groups in total. The first-order valence-electron chi connectivity index (χ1n) is 5.74. The SMILES string of the molecule is CCN(C)C(=O)N(C)C(C)c1ccc(O)cc1. The maximum atomic E-state index is 12.0. The second kappa shape index (κ2) is 5.57. The standard InChI is InChI=1S/C13H20N2O2/c1-5-14(3)13(17)15(4)10(2)11-6-8-12(16)9-7-11/h6-10,16H,5H2,1-4H3. The number of phenols is 1. The fourth-order valence-electron chi connectivity index (χ4n) is 1.55. The third-order valence-electron chi connectivity index (χ3n) is 3.06. The van der Waals surface area contributed by atoms with Gasteiger partial charge in [0.1, 0.15) is 5.75 Å². The Morgan fingerprint density at radius 1 is 1.29 bits per heavy atom. The van der Waals surface area contributed by atoms with Crippen molar-refractivity contribution in [2.24, 2.45) is 0 Å². The van der Waals surface area contributed by atoms with Gasteiger partial charge in [-0.2, -0.15) is 0 Å². The number of aromatic hydroxyl groups is 1. The zero-order valence-corrected chi connectivity index (χ0v) is 10.8. The number of hydrogen-bond acceptors (Lipinski definition) is 2. The molecule has 1 rings (SSSR count). The first-order chi connectivity index (χ1) is 7.97. The number of rotatable bonds is 3. The number of carbonyl (C=O) groups is 1. The van der Waals surface area contributed by atoms with Gasteiger partial charge in [0.05, 0.1) is 6.04 Å². The molecule has 1 unspecified atom stereocenters. The summed E-state index contributed by atoms with van der Waals surface area (Å²) in [7, 11) is 3.56. The molecule has 2 amide bonds. The van der Waals surface area contributed by atoms with Crippen LogP contribution in [0.1, 0.15) is 25.5 Å². The minimum Gasteiger partial charge on any atom is -0.508 e. The third-order valence-corrected chi connectivity index (χ3v) is 3.06. The van der Waals surface area contributed by atoms with Gasteiger partial charge in [0.25, 0.3) is 0 Å². The molecule has 4 heteroatoms. The van der Waals surface area contributed by atoms with Crippen LogP contribution in [0.4, 0.5) is 4.79 Å². The molecule has 0 aliphatic rings. The molecule has 1 aromatic carbocycles. The van der Waals surface area contributed by atoms with Gasteiger partial charge in [-0.25, -0.2) is 4.79 Å². The largest absolute Gasteiger partial charge is 0.508 e. The average Bonchev–Trinajstić information content (AvgIpc) is 2.36. The Bertz CT molecular complexity index is 376. The van der Waals surface area contributed by atoms with Crippen molar-refractivity contribution in [1.82, 2.24) is 9.80 Å². The van der Waals surface area contributed by atoms with Crippen LogP contribution in [0.25, 0.3) is 0 Å². The first-order valence-corrected chi connectivity index (χ1v) is 5.74. The molecule has 4 nitrogen and oxygen atoms in total. The molecule has 0 bridgehead atoms. The van der Waals surface area contributed by atoms with Gasteiger partial charge < -0.3 is 14.9 Å². The number of carbonyl (C=O) groups excluding carboxylic acids is 1. The van der Waals surface area contributed by atoms with Crippen LogP contribution >= 0.6 is 0 Å². The van der Waals surface area contributed by atoms with E-state index in [9.17, 15) is 9.90 Å². The van der Waals surface area contributed by atoms with Gasteiger partial charge >= 0.3 is 6.03 Å². The lowest BCUT2D eigenvalue weighted by Crippen LogP contribution is -2.39. The molecular formula is C13H20N2O2. The Labute approximate surface area is 102 Å². The second-order valence-electron chi connectivity index (χ2n) is 4.18. The Kier molecular flexibility index (Phi) is 4.37.